The van der Waals surface area contributed by atoms with Crippen LogP contribution in [0, 0.1) is 0 Å². The van der Waals surface area contributed by atoms with E-state index in [-0.39, 0.29) is 17.1 Å². The van der Waals surface area contributed by atoms with E-state index in [2.05, 4.69) is 36.2 Å². The monoisotopic (exact) mass is 350 g/mol. The topological polar surface area (TPSA) is 80.0 Å². The second-order valence-electron chi connectivity index (χ2n) is 7.23. The molecular weight excluding hydrogens is 328 g/mol. The van der Waals surface area contributed by atoms with Crippen LogP contribution in [0.2, 0.25) is 0 Å². The molecule has 1 aromatic heterocycles. The van der Waals surface area contributed by atoms with Gasteiger partial charge in [-0.15, -0.1) is 0 Å². The van der Waals surface area contributed by atoms with Crippen molar-refractivity contribution in [1.82, 2.24) is 14.8 Å². The van der Waals surface area contributed by atoms with Gasteiger partial charge < -0.3 is 10.4 Å². The Kier molecular flexibility index (Phi) is 4.75. The first-order valence-electron chi connectivity index (χ1n) is 8.39. The first-order valence-corrected chi connectivity index (χ1v) is 8.39. The van der Waals surface area contributed by atoms with Gasteiger partial charge in [0.15, 0.2) is 0 Å². The predicted octanol–water partition coefficient (Wildman–Crippen LogP) is 3.58. The lowest BCUT2D eigenvalue weighted by atomic mass is 9.87. The molecule has 0 aliphatic rings. The van der Waals surface area contributed by atoms with Gasteiger partial charge in [0.25, 0.3) is 5.91 Å². The van der Waals surface area contributed by atoms with Crippen molar-refractivity contribution in [2.24, 2.45) is 0 Å². The van der Waals surface area contributed by atoms with Crippen LogP contribution in [0.25, 0.3) is 0 Å². The highest BCUT2D eigenvalue weighted by Crippen LogP contribution is 2.31. The average molecular weight is 350 g/mol. The molecule has 0 saturated heterocycles. The Morgan fingerprint density at radius 1 is 1.15 bits per heavy atom. The number of aromatic hydroxyl groups is 1. The van der Waals surface area contributed by atoms with Crippen molar-refractivity contribution in [2.45, 2.75) is 32.7 Å². The van der Waals surface area contributed by atoms with E-state index in [0.29, 0.717) is 17.8 Å². The normalized spacial score (nSPS) is 11.3. The van der Waals surface area contributed by atoms with Gasteiger partial charge >= 0.3 is 0 Å². The summed E-state index contributed by atoms with van der Waals surface area (Å²) in [6.07, 6.45) is 3.13. The Labute approximate surface area is 152 Å². The van der Waals surface area contributed by atoms with E-state index in [1.807, 2.05) is 24.3 Å². The maximum absolute atomic E-state index is 12.5. The summed E-state index contributed by atoms with van der Waals surface area (Å²) in [5.74, 6) is -0.215. The summed E-state index contributed by atoms with van der Waals surface area (Å²) in [7, 11) is 0. The van der Waals surface area contributed by atoms with Gasteiger partial charge in [0.05, 0.1) is 12.2 Å². The van der Waals surface area contributed by atoms with Gasteiger partial charge in [-0.3, -0.25) is 4.79 Å². The van der Waals surface area contributed by atoms with Gasteiger partial charge in [-0.1, -0.05) is 39.0 Å². The smallest absolute Gasteiger partial charge is 0.255 e. The van der Waals surface area contributed by atoms with Crippen molar-refractivity contribution in [3.8, 4) is 5.75 Å². The van der Waals surface area contributed by atoms with Crippen molar-refractivity contribution >= 4 is 11.6 Å². The quantitative estimate of drug-likeness (QED) is 0.705. The largest absolute Gasteiger partial charge is 0.506 e. The van der Waals surface area contributed by atoms with Crippen LogP contribution < -0.4 is 5.32 Å². The number of benzene rings is 2. The maximum atomic E-state index is 12.5. The molecule has 1 heterocycles. The molecule has 0 spiro atoms. The SMILES string of the molecule is CC(C)(C)c1ccc(O)c(NC(=O)c2ccc(Cn3cncn3)cc2)c1. The highest BCUT2D eigenvalue weighted by molar-refractivity contribution is 6.05. The summed E-state index contributed by atoms with van der Waals surface area (Å²) in [5.41, 5.74) is 2.91. The van der Waals surface area contributed by atoms with E-state index in [1.54, 1.807) is 29.2 Å². The number of carbonyl (C=O) groups excluding carboxylic acids is 1. The Hall–Kier alpha value is -3.15. The van der Waals surface area contributed by atoms with Crippen LogP contribution in [0.15, 0.2) is 55.1 Å². The van der Waals surface area contributed by atoms with E-state index in [0.717, 1.165) is 11.1 Å². The molecule has 134 valence electrons. The van der Waals surface area contributed by atoms with Gasteiger partial charge in [0.2, 0.25) is 0 Å². The number of phenols is 1. The number of rotatable bonds is 4. The molecule has 6 nitrogen and oxygen atoms in total. The van der Waals surface area contributed by atoms with Crippen molar-refractivity contribution in [1.29, 1.82) is 0 Å². The van der Waals surface area contributed by atoms with Crippen LogP contribution in [-0.4, -0.2) is 25.8 Å². The van der Waals surface area contributed by atoms with E-state index in [1.165, 1.54) is 6.33 Å². The molecule has 26 heavy (non-hydrogen) atoms. The Bertz CT molecular complexity index is 895. The number of carbonyl (C=O) groups is 1. The second-order valence-corrected chi connectivity index (χ2v) is 7.23. The third-order valence-electron chi connectivity index (χ3n) is 4.14. The molecule has 3 rings (SSSR count). The number of hydrogen-bond acceptors (Lipinski definition) is 4. The first-order chi connectivity index (χ1) is 12.3. The fourth-order valence-corrected chi connectivity index (χ4v) is 2.56. The van der Waals surface area contributed by atoms with E-state index < -0.39 is 0 Å². The lowest BCUT2D eigenvalue weighted by molar-refractivity contribution is 0.102. The number of phenolic OH excluding ortho intramolecular Hbond substituents is 1. The second kappa shape index (κ2) is 7.00. The minimum atomic E-state index is -0.265. The van der Waals surface area contributed by atoms with E-state index >= 15 is 0 Å². The zero-order chi connectivity index (χ0) is 18.7. The predicted molar refractivity (Wildman–Crippen MR) is 100 cm³/mol. The van der Waals surface area contributed by atoms with Gasteiger partial charge in [0.1, 0.15) is 18.4 Å². The number of amides is 1. The molecule has 2 N–H and O–H groups in total. The van der Waals surface area contributed by atoms with Crippen molar-refractivity contribution in [3.05, 3.63) is 71.8 Å². The number of hydrogen-bond donors (Lipinski definition) is 2. The third kappa shape index (κ3) is 4.08. The Balaban J connectivity index is 1.74. The molecule has 0 fully saturated rings. The van der Waals surface area contributed by atoms with Crippen molar-refractivity contribution in [3.63, 3.8) is 0 Å². The molecule has 0 atom stereocenters. The minimum absolute atomic E-state index is 0.0501. The van der Waals surface area contributed by atoms with Crippen LogP contribution in [0.4, 0.5) is 5.69 Å². The average Bonchev–Trinajstić information content (AvgIpc) is 3.09. The molecule has 0 aliphatic heterocycles. The molecule has 3 aromatic rings. The summed E-state index contributed by atoms with van der Waals surface area (Å²) in [6, 6.07) is 12.6. The molecule has 0 bridgehead atoms. The zero-order valence-electron chi connectivity index (χ0n) is 15.1. The highest BCUT2D eigenvalue weighted by atomic mass is 16.3. The number of aromatic nitrogens is 3. The van der Waals surface area contributed by atoms with Crippen LogP contribution in [0.5, 0.6) is 5.75 Å². The molecule has 1 amide bonds. The zero-order valence-corrected chi connectivity index (χ0v) is 15.1. The van der Waals surface area contributed by atoms with Gasteiger partial charge in [-0.2, -0.15) is 5.10 Å². The first kappa shape index (κ1) is 17.7. The number of nitrogens with one attached hydrogen (secondary N) is 1. The molecule has 0 saturated carbocycles. The maximum Gasteiger partial charge on any atom is 0.255 e. The van der Waals surface area contributed by atoms with Crippen LogP contribution in [0.1, 0.15) is 42.3 Å². The van der Waals surface area contributed by atoms with Gasteiger partial charge in [0, 0.05) is 5.56 Å². The minimum Gasteiger partial charge on any atom is -0.506 e. The van der Waals surface area contributed by atoms with Crippen molar-refractivity contribution in [2.75, 3.05) is 5.32 Å². The summed E-state index contributed by atoms with van der Waals surface area (Å²) >= 11 is 0. The molecule has 0 unspecified atom stereocenters. The fraction of sp³-hybridized carbons (Fsp3) is 0.250. The van der Waals surface area contributed by atoms with Gasteiger partial charge in [-0.05, 0) is 40.8 Å². The molecule has 0 radical (unpaired) electrons. The lowest BCUT2D eigenvalue weighted by Gasteiger charge is -2.20. The molecule has 0 aliphatic carbocycles. The van der Waals surface area contributed by atoms with Crippen molar-refractivity contribution < 1.29 is 9.90 Å². The van der Waals surface area contributed by atoms with Crippen LogP contribution in [-0.2, 0) is 12.0 Å². The van der Waals surface area contributed by atoms with E-state index in [4.69, 9.17) is 0 Å². The molecule has 2 aromatic carbocycles. The summed E-state index contributed by atoms with van der Waals surface area (Å²) in [5, 5.41) is 16.9. The van der Waals surface area contributed by atoms with Crippen LogP contribution in [0.3, 0.4) is 0 Å². The fourth-order valence-electron chi connectivity index (χ4n) is 2.56. The lowest BCUT2D eigenvalue weighted by Crippen LogP contribution is -2.15. The number of nitrogens with zero attached hydrogens (tertiary/aromatic N) is 3. The highest BCUT2D eigenvalue weighted by Gasteiger charge is 2.17. The Morgan fingerprint density at radius 3 is 2.50 bits per heavy atom. The van der Waals surface area contributed by atoms with Gasteiger partial charge in [-0.25, -0.2) is 9.67 Å². The third-order valence-corrected chi connectivity index (χ3v) is 4.14. The molecule has 6 heteroatoms. The summed E-state index contributed by atoms with van der Waals surface area (Å²) in [4.78, 5) is 16.4. The van der Waals surface area contributed by atoms with Crippen LogP contribution >= 0.6 is 0 Å². The molecular formula is C20H22N4O2. The van der Waals surface area contributed by atoms with E-state index in [9.17, 15) is 9.90 Å². The number of anilines is 1. The standard InChI is InChI=1S/C20H22N4O2/c1-20(2,3)16-8-9-18(25)17(10-16)23-19(26)15-6-4-14(5-7-15)11-24-13-21-12-22-24/h4-10,12-13,25H,11H2,1-3H3,(H,23,26). The summed E-state index contributed by atoms with van der Waals surface area (Å²) < 4.78 is 1.71. The summed E-state index contributed by atoms with van der Waals surface area (Å²) in [6.45, 7) is 6.84. The Morgan fingerprint density at radius 2 is 1.88 bits per heavy atom.